The fourth-order valence-corrected chi connectivity index (χ4v) is 2.04. The van der Waals surface area contributed by atoms with Crippen molar-refractivity contribution in [3.05, 3.63) is 53.6 Å². The van der Waals surface area contributed by atoms with Gasteiger partial charge >= 0.3 is 0 Å². The zero-order valence-corrected chi connectivity index (χ0v) is 11.3. The van der Waals surface area contributed by atoms with Crippen LogP contribution in [-0.4, -0.2) is 31.8 Å². The first-order valence-corrected chi connectivity index (χ1v) is 6.51. The SMILES string of the molecule is O=C(NCCn1cc(Cl)cn1)c1cc2ccccn2n1. The summed E-state index contributed by atoms with van der Waals surface area (Å²) in [6, 6.07) is 7.42. The number of amides is 1. The minimum atomic E-state index is -0.202. The van der Waals surface area contributed by atoms with Gasteiger partial charge in [-0.25, -0.2) is 4.52 Å². The molecule has 0 atom stereocenters. The van der Waals surface area contributed by atoms with Crippen LogP contribution in [0.25, 0.3) is 5.52 Å². The Labute approximate surface area is 120 Å². The minimum absolute atomic E-state index is 0.202. The molecule has 7 heteroatoms. The van der Waals surface area contributed by atoms with Gasteiger partial charge in [0.15, 0.2) is 5.69 Å². The summed E-state index contributed by atoms with van der Waals surface area (Å²) in [5.41, 5.74) is 1.28. The van der Waals surface area contributed by atoms with E-state index in [0.29, 0.717) is 23.8 Å². The zero-order valence-electron chi connectivity index (χ0n) is 10.5. The number of pyridine rings is 1. The maximum absolute atomic E-state index is 12.0. The van der Waals surface area contributed by atoms with Crippen LogP contribution in [0.15, 0.2) is 42.9 Å². The summed E-state index contributed by atoms with van der Waals surface area (Å²) >= 11 is 5.76. The summed E-state index contributed by atoms with van der Waals surface area (Å²) in [6.07, 6.45) is 5.07. The van der Waals surface area contributed by atoms with Crippen LogP contribution in [0.3, 0.4) is 0 Å². The lowest BCUT2D eigenvalue weighted by Gasteiger charge is -2.03. The van der Waals surface area contributed by atoms with E-state index in [-0.39, 0.29) is 5.91 Å². The second-order valence-electron chi connectivity index (χ2n) is 4.28. The average Bonchev–Trinajstić information content (AvgIpc) is 3.04. The summed E-state index contributed by atoms with van der Waals surface area (Å²) in [7, 11) is 0. The number of hydrogen-bond acceptors (Lipinski definition) is 3. The van der Waals surface area contributed by atoms with Crippen LogP contribution in [0.1, 0.15) is 10.5 Å². The summed E-state index contributed by atoms with van der Waals surface area (Å²) < 4.78 is 3.34. The topological polar surface area (TPSA) is 64.2 Å². The molecule has 0 bridgehead atoms. The molecule has 3 rings (SSSR count). The minimum Gasteiger partial charge on any atom is -0.349 e. The molecule has 0 aliphatic rings. The zero-order chi connectivity index (χ0) is 13.9. The molecule has 0 unspecified atom stereocenters. The molecular formula is C13H12ClN5O. The van der Waals surface area contributed by atoms with Gasteiger partial charge in [0.2, 0.25) is 0 Å². The summed E-state index contributed by atoms with van der Waals surface area (Å²) in [4.78, 5) is 12.0. The molecule has 0 fully saturated rings. The fourth-order valence-electron chi connectivity index (χ4n) is 1.88. The maximum Gasteiger partial charge on any atom is 0.271 e. The van der Waals surface area contributed by atoms with Crippen molar-refractivity contribution < 1.29 is 4.79 Å². The van der Waals surface area contributed by atoms with Gasteiger partial charge in [-0.2, -0.15) is 10.2 Å². The Balaban J connectivity index is 1.61. The summed E-state index contributed by atoms with van der Waals surface area (Å²) in [5, 5.41) is 11.6. The molecule has 20 heavy (non-hydrogen) atoms. The van der Waals surface area contributed by atoms with Gasteiger partial charge in [-0.1, -0.05) is 17.7 Å². The van der Waals surface area contributed by atoms with Gasteiger partial charge in [0.1, 0.15) is 0 Å². The lowest BCUT2D eigenvalue weighted by atomic mass is 10.3. The first-order chi connectivity index (χ1) is 9.72. The van der Waals surface area contributed by atoms with E-state index < -0.39 is 0 Å². The van der Waals surface area contributed by atoms with Crippen LogP contribution >= 0.6 is 11.6 Å². The highest BCUT2D eigenvalue weighted by atomic mass is 35.5. The van der Waals surface area contributed by atoms with Gasteiger partial charge in [0, 0.05) is 18.9 Å². The largest absolute Gasteiger partial charge is 0.349 e. The lowest BCUT2D eigenvalue weighted by molar-refractivity contribution is 0.0946. The van der Waals surface area contributed by atoms with E-state index in [9.17, 15) is 4.79 Å². The monoisotopic (exact) mass is 289 g/mol. The van der Waals surface area contributed by atoms with Gasteiger partial charge in [0.25, 0.3) is 5.91 Å². The van der Waals surface area contributed by atoms with E-state index in [1.54, 1.807) is 33.9 Å². The molecule has 0 aliphatic heterocycles. The van der Waals surface area contributed by atoms with Gasteiger partial charge in [-0.3, -0.25) is 9.48 Å². The highest BCUT2D eigenvalue weighted by Crippen LogP contribution is 2.06. The number of hydrogen-bond donors (Lipinski definition) is 1. The first-order valence-electron chi connectivity index (χ1n) is 6.13. The maximum atomic E-state index is 12.0. The fraction of sp³-hybridized carbons (Fsp3) is 0.154. The van der Waals surface area contributed by atoms with Crippen LogP contribution < -0.4 is 5.32 Å². The molecule has 0 aromatic carbocycles. The van der Waals surface area contributed by atoms with E-state index >= 15 is 0 Å². The number of aromatic nitrogens is 4. The smallest absolute Gasteiger partial charge is 0.271 e. The molecule has 1 N–H and O–H groups in total. The average molecular weight is 290 g/mol. The third-order valence-electron chi connectivity index (χ3n) is 2.83. The van der Waals surface area contributed by atoms with E-state index in [1.807, 2.05) is 18.2 Å². The van der Waals surface area contributed by atoms with Crippen LogP contribution in [-0.2, 0) is 6.54 Å². The van der Waals surface area contributed by atoms with Crippen molar-refractivity contribution in [1.82, 2.24) is 24.7 Å². The number of carbonyl (C=O) groups is 1. The van der Waals surface area contributed by atoms with E-state index in [0.717, 1.165) is 5.52 Å². The lowest BCUT2D eigenvalue weighted by Crippen LogP contribution is -2.27. The predicted octanol–water partition coefficient (Wildman–Crippen LogP) is 1.61. The number of carbonyl (C=O) groups excluding carboxylic acids is 1. The highest BCUT2D eigenvalue weighted by Gasteiger charge is 2.09. The molecule has 0 radical (unpaired) electrons. The predicted molar refractivity (Wildman–Crippen MR) is 74.8 cm³/mol. The Kier molecular flexibility index (Phi) is 3.39. The third kappa shape index (κ3) is 2.65. The van der Waals surface area contributed by atoms with Crippen molar-refractivity contribution in [2.75, 3.05) is 6.54 Å². The molecule has 0 saturated heterocycles. The Hall–Kier alpha value is -2.34. The van der Waals surface area contributed by atoms with Crippen LogP contribution in [0, 0.1) is 0 Å². The molecule has 102 valence electrons. The molecule has 3 aromatic heterocycles. The number of nitrogens with zero attached hydrogens (tertiary/aromatic N) is 4. The summed E-state index contributed by atoms with van der Waals surface area (Å²) in [6.45, 7) is 1.02. The van der Waals surface area contributed by atoms with Crippen molar-refractivity contribution in [3.8, 4) is 0 Å². The van der Waals surface area contributed by atoms with E-state index in [1.165, 1.54) is 0 Å². The number of nitrogens with one attached hydrogen (secondary N) is 1. The molecule has 0 spiro atoms. The van der Waals surface area contributed by atoms with Crippen LogP contribution in [0.2, 0.25) is 5.02 Å². The van der Waals surface area contributed by atoms with Gasteiger partial charge in [-0.15, -0.1) is 0 Å². The van der Waals surface area contributed by atoms with Crippen LogP contribution in [0.4, 0.5) is 0 Å². The normalized spacial score (nSPS) is 10.8. The van der Waals surface area contributed by atoms with Crippen molar-refractivity contribution >= 4 is 23.0 Å². The molecule has 6 nitrogen and oxygen atoms in total. The second-order valence-corrected chi connectivity index (χ2v) is 4.71. The second kappa shape index (κ2) is 5.34. The number of halogens is 1. The van der Waals surface area contributed by atoms with Crippen molar-refractivity contribution in [1.29, 1.82) is 0 Å². The Morgan fingerprint density at radius 1 is 1.40 bits per heavy atom. The van der Waals surface area contributed by atoms with Crippen molar-refractivity contribution in [3.63, 3.8) is 0 Å². The van der Waals surface area contributed by atoms with Gasteiger partial charge in [0.05, 0.1) is 23.3 Å². The number of rotatable bonds is 4. The first kappa shape index (κ1) is 12.7. The molecular weight excluding hydrogens is 278 g/mol. The molecule has 0 saturated carbocycles. The molecule has 1 amide bonds. The van der Waals surface area contributed by atoms with Crippen molar-refractivity contribution in [2.24, 2.45) is 0 Å². The Morgan fingerprint density at radius 2 is 2.30 bits per heavy atom. The third-order valence-corrected chi connectivity index (χ3v) is 3.03. The molecule has 3 heterocycles. The highest BCUT2D eigenvalue weighted by molar-refractivity contribution is 6.30. The van der Waals surface area contributed by atoms with Crippen molar-refractivity contribution in [2.45, 2.75) is 6.54 Å². The van der Waals surface area contributed by atoms with E-state index in [4.69, 9.17) is 11.6 Å². The van der Waals surface area contributed by atoms with Gasteiger partial charge < -0.3 is 5.32 Å². The Morgan fingerprint density at radius 3 is 3.05 bits per heavy atom. The Bertz CT molecular complexity index is 715. The number of fused-ring (bicyclic) bond motifs is 1. The summed E-state index contributed by atoms with van der Waals surface area (Å²) in [5.74, 6) is -0.202. The standard InChI is InChI=1S/C13H12ClN5O/c14-10-8-16-18(9-10)6-4-15-13(20)12-7-11-3-1-2-5-19(11)17-12/h1-3,5,7-9H,4,6H2,(H,15,20). The van der Waals surface area contributed by atoms with Crippen LogP contribution in [0.5, 0.6) is 0 Å². The molecule has 0 aliphatic carbocycles. The van der Waals surface area contributed by atoms with E-state index in [2.05, 4.69) is 15.5 Å². The molecule has 3 aromatic rings. The van der Waals surface area contributed by atoms with Gasteiger partial charge in [-0.05, 0) is 18.2 Å². The quantitative estimate of drug-likeness (QED) is 0.794.